The van der Waals surface area contributed by atoms with Gasteiger partial charge in [0.2, 0.25) is 0 Å². The van der Waals surface area contributed by atoms with E-state index < -0.39 is 11.0 Å². The Morgan fingerprint density at radius 3 is 2.46 bits per heavy atom. The number of hydrogen-bond acceptors (Lipinski definition) is 3. The molecule has 0 aliphatic carbocycles. The molecule has 4 nitrogen and oxygen atoms in total. The van der Waals surface area contributed by atoms with Crippen molar-refractivity contribution < 1.29 is 8.95 Å². The first-order valence-electron chi connectivity index (χ1n) is 7.56. The van der Waals surface area contributed by atoms with E-state index in [0.29, 0.717) is 16.7 Å². The third-order valence-electron chi connectivity index (χ3n) is 3.61. The van der Waals surface area contributed by atoms with Crippen molar-refractivity contribution in [3.63, 3.8) is 0 Å². The Bertz CT molecular complexity index is 672. The molecule has 0 fully saturated rings. The highest BCUT2D eigenvalue weighted by molar-refractivity contribution is 7.82. The second-order valence-electron chi connectivity index (χ2n) is 5.12. The van der Waals surface area contributed by atoms with Gasteiger partial charge in [0.1, 0.15) is 16.7 Å². The van der Waals surface area contributed by atoms with Crippen LogP contribution in [0.4, 0.5) is 0 Å². The van der Waals surface area contributed by atoms with Gasteiger partial charge < -0.3 is 10.1 Å². The van der Waals surface area contributed by atoms with E-state index in [1.807, 2.05) is 36.4 Å². The number of hydrogen-bond donors (Lipinski definition) is 2. The summed E-state index contributed by atoms with van der Waals surface area (Å²) in [6, 6.07) is 16.3. The van der Waals surface area contributed by atoms with Crippen molar-refractivity contribution in [2.75, 3.05) is 13.7 Å². The summed E-state index contributed by atoms with van der Waals surface area (Å²) in [5.74, 6) is 0.565. The molecule has 1 unspecified atom stereocenters. The third kappa shape index (κ3) is 5.82. The Morgan fingerprint density at radius 1 is 1.21 bits per heavy atom. The van der Waals surface area contributed by atoms with Crippen LogP contribution < -0.4 is 15.2 Å². The average Bonchev–Trinajstić information content (AvgIpc) is 2.63. The predicted molar refractivity (Wildman–Crippen MR) is 100 cm³/mol. The number of methoxy groups -OCH3 is 1. The summed E-state index contributed by atoms with van der Waals surface area (Å²) in [6.07, 6.45) is 8.84. The standard InChI is InChI=1S/C17H22N2O2S.C2H2/c1-13(15-6-4-3-5-7-15)19-11-10-14-8-9-16(21-2)17(12-14)22(18)20;1-2/h3-9,12-13,19H,10-11,18H2,1-2H3;1-2H/t13-,22?;/m1./s1. The minimum Gasteiger partial charge on any atom is -0.495 e. The predicted octanol–water partition coefficient (Wildman–Crippen LogP) is 2.82. The van der Waals surface area contributed by atoms with Crippen LogP contribution in [0.5, 0.6) is 5.75 Å². The lowest BCUT2D eigenvalue weighted by molar-refractivity contribution is 0.403. The average molecular weight is 344 g/mol. The SMILES string of the molecule is C#C.COc1ccc(CCN[C@H](C)c2ccccc2)cc1S(N)=O. The number of nitrogens with one attached hydrogen (secondary N) is 1. The highest BCUT2D eigenvalue weighted by atomic mass is 32.2. The molecular formula is C19H24N2O2S. The van der Waals surface area contributed by atoms with Gasteiger partial charge >= 0.3 is 0 Å². The molecule has 24 heavy (non-hydrogen) atoms. The van der Waals surface area contributed by atoms with Crippen LogP contribution in [0.1, 0.15) is 24.1 Å². The van der Waals surface area contributed by atoms with Crippen molar-refractivity contribution >= 4 is 11.0 Å². The van der Waals surface area contributed by atoms with Crippen molar-refractivity contribution in [2.24, 2.45) is 5.14 Å². The maximum absolute atomic E-state index is 11.5. The lowest BCUT2D eigenvalue weighted by atomic mass is 10.1. The molecule has 2 aromatic carbocycles. The second-order valence-corrected chi connectivity index (χ2v) is 6.15. The summed E-state index contributed by atoms with van der Waals surface area (Å²) < 4.78 is 16.7. The fourth-order valence-corrected chi connectivity index (χ4v) is 2.94. The Labute approximate surface area is 147 Å². The maximum Gasteiger partial charge on any atom is 0.136 e. The summed E-state index contributed by atoms with van der Waals surface area (Å²) in [5.41, 5.74) is 2.35. The molecule has 5 heteroatoms. The van der Waals surface area contributed by atoms with Gasteiger partial charge in [-0.05, 0) is 43.1 Å². The largest absolute Gasteiger partial charge is 0.495 e. The number of rotatable bonds is 7. The van der Waals surface area contributed by atoms with Crippen LogP contribution in [0.3, 0.4) is 0 Å². The highest BCUT2D eigenvalue weighted by Crippen LogP contribution is 2.22. The van der Waals surface area contributed by atoms with Gasteiger partial charge in [0.15, 0.2) is 0 Å². The van der Waals surface area contributed by atoms with Gasteiger partial charge in [0.05, 0.1) is 12.0 Å². The molecule has 0 aliphatic heterocycles. The van der Waals surface area contributed by atoms with Crippen molar-refractivity contribution in [3.05, 3.63) is 59.7 Å². The molecule has 0 bridgehead atoms. The fourth-order valence-electron chi connectivity index (χ4n) is 2.33. The molecule has 0 amide bonds. The van der Waals surface area contributed by atoms with Crippen LogP contribution >= 0.6 is 0 Å². The minimum absolute atomic E-state index is 0.294. The normalized spacial score (nSPS) is 12.5. The number of ether oxygens (including phenoxy) is 1. The molecule has 2 aromatic rings. The first-order valence-corrected chi connectivity index (χ1v) is 8.78. The Kier molecular flexibility index (Phi) is 8.80. The molecular weight excluding hydrogens is 320 g/mol. The van der Waals surface area contributed by atoms with E-state index in [0.717, 1.165) is 18.5 Å². The van der Waals surface area contributed by atoms with E-state index in [1.165, 1.54) is 5.56 Å². The summed E-state index contributed by atoms with van der Waals surface area (Å²) in [5, 5.41) is 8.97. The molecule has 2 atom stereocenters. The summed E-state index contributed by atoms with van der Waals surface area (Å²) >= 11 is 0. The number of terminal acetylenes is 1. The third-order valence-corrected chi connectivity index (χ3v) is 4.36. The summed E-state index contributed by atoms with van der Waals surface area (Å²) in [7, 11) is 0.00997. The minimum atomic E-state index is -1.54. The maximum atomic E-state index is 11.5. The van der Waals surface area contributed by atoms with E-state index in [4.69, 9.17) is 9.88 Å². The summed E-state index contributed by atoms with van der Waals surface area (Å²) in [6.45, 7) is 2.97. The van der Waals surface area contributed by atoms with Crippen molar-refractivity contribution in [1.29, 1.82) is 0 Å². The van der Waals surface area contributed by atoms with Gasteiger partial charge in [-0.2, -0.15) is 0 Å². The zero-order valence-corrected chi connectivity index (χ0v) is 14.9. The van der Waals surface area contributed by atoms with E-state index in [2.05, 4.69) is 37.2 Å². The lowest BCUT2D eigenvalue weighted by Crippen LogP contribution is -2.21. The molecule has 0 aliphatic rings. The van der Waals surface area contributed by atoms with Gasteiger partial charge in [-0.15, -0.1) is 12.8 Å². The van der Waals surface area contributed by atoms with Crippen LogP contribution in [-0.4, -0.2) is 17.9 Å². The van der Waals surface area contributed by atoms with Gasteiger partial charge in [0, 0.05) is 6.04 Å². The lowest BCUT2D eigenvalue weighted by Gasteiger charge is -2.14. The molecule has 128 valence electrons. The van der Waals surface area contributed by atoms with E-state index >= 15 is 0 Å². The Hall–Kier alpha value is -2.13. The van der Waals surface area contributed by atoms with Crippen molar-refractivity contribution in [1.82, 2.24) is 5.32 Å². The molecule has 2 rings (SSSR count). The molecule has 0 heterocycles. The number of benzene rings is 2. The van der Waals surface area contributed by atoms with E-state index in [-0.39, 0.29) is 0 Å². The monoisotopic (exact) mass is 344 g/mol. The van der Waals surface area contributed by atoms with Gasteiger partial charge in [-0.25, -0.2) is 9.35 Å². The number of nitrogens with two attached hydrogens (primary N) is 1. The van der Waals surface area contributed by atoms with Crippen LogP contribution in [-0.2, 0) is 17.4 Å². The summed E-state index contributed by atoms with van der Waals surface area (Å²) in [4.78, 5) is 0.538. The fraction of sp³-hybridized carbons (Fsp3) is 0.263. The second kappa shape index (κ2) is 10.6. The smallest absolute Gasteiger partial charge is 0.136 e. The quantitative estimate of drug-likeness (QED) is 0.759. The molecule has 0 aromatic heterocycles. The zero-order chi connectivity index (χ0) is 17.9. The van der Waals surface area contributed by atoms with Crippen molar-refractivity contribution in [3.8, 4) is 18.6 Å². The first-order chi connectivity index (χ1) is 11.6. The van der Waals surface area contributed by atoms with Crippen molar-refractivity contribution in [2.45, 2.75) is 24.3 Å². The molecule has 3 N–H and O–H groups in total. The van der Waals surface area contributed by atoms with Crippen LogP contribution in [0, 0.1) is 12.8 Å². The van der Waals surface area contributed by atoms with Crippen LogP contribution in [0.2, 0.25) is 0 Å². The van der Waals surface area contributed by atoms with Crippen LogP contribution in [0.25, 0.3) is 0 Å². The topological polar surface area (TPSA) is 64.3 Å². The highest BCUT2D eigenvalue weighted by Gasteiger charge is 2.09. The van der Waals surface area contributed by atoms with Gasteiger partial charge in [-0.1, -0.05) is 36.4 Å². The van der Waals surface area contributed by atoms with E-state index in [9.17, 15) is 4.21 Å². The van der Waals surface area contributed by atoms with Gasteiger partial charge in [0.25, 0.3) is 0 Å². The first kappa shape index (κ1) is 19.9. The van der Waals surface area contributed by atoms with Crippen LogP contribution in [0.15, 0.2) is 53.4 Å². The molecule has 0 saturated carbocycles. The zero-order valence-electron chi connectivity index (χ0n) is 14.1. The molecule has 0 spiro atoms. The Morgan fingerprint density at radius 2 is 1.88 bits per heavy atom. The van der Waals surface area contributed by atoms with E-state index in [1.54, 1.807) is 7.11 Å². The van der Waals surface area contributed by atoms with Gasteiger partial charge in [-0.3, -0.25) is 0 Å². The Balaban J connectivity index is 0.00000139. The molecule has 0 radical (unpaired) electrons. The molecule has 0 saturated heterocycles.